The number of aromatic nitrogens is 1. The number of nitrogens with zero attached hydrogens (tertiary/aromatic N) is 3. The highest BCUT2D eigenvalue weighted by atomic mass is 32.2. The van der Waals surface area contributed by atoms with E-state index in [9.17, 15) is 14.0 Å². The number of hydrogen-bond donors (Lipinski definition) is 0. The van der Waals surface area contributed by atoms with Crippen molar-refractivity contribution in [3.63, 3.8) is 0 Å². The number of rotatable bonds is 5. The molecule has 2 aromatic carbocycles. The smallest absolute Gasteiger partial charge is 0.278 e. The number of carbonyl (C=O) groups excluding carboxylic acids is 1. The van der Waals surface area contributed by atoms with Gasteiger partial charge in [-0.15, -0.1) is 11.8 Å². The van der Waals surface area contributed by atoms with Crippen molar-refractivity contribution in [3.8, 4) is 5.75 Å². The highest BCUT2D eigenvalue weighted by molar-refractivity contribution is 7.98. The SMILES string of the molecule is CC(C)CCOc1c2n(ccc1=O)N([C@@H]1c3ccccc3SCc3c1ccc(F)c3F)[C@@H]1COCCN1C2=O. The van der Waals surface area contributed by atoms with Crippen LogP contribution in [0.4, 0.5) is 8.78 Å². The van der Waals surface area contributed by atoms with E-state index in [1.807, 2.05) is 29.3 Å². The second-order valence-corrected chi connectivity index (χ2v) is 11.3. The molecule has 0 unspecified atom stereocenters. The fourth-order valence-corrected chi connectivity index (χ4v) is 6.62. The quantitative estimate of drug-likeness (QED) is 0.457. The zero-order chi connectivity index (χ0) is 27.3. The van der Waals surface area contributed by atoms with Gasteiger partial charge in [0.15, 0.2) is 23.1 Å². The number of morpholine rings is 1. The van der Waals surface area contributed by atoms with Crippen LogP contribution in [0.25, 0.3) is 0 Å². The average Bonchev–Trinajstić information content (AvgIpc) is 3.09. The Labute approximate surface area is 229 Å². The minimum absolute atomic E-state index is 0.000107. The zero-order valence-electron chi connectivity index (χ0n) is 21.7. The molecule has 3 aromatic rings. The lowest BCUT2D eigenvalue weighted by atomic mass is 9.93. The van der Waals surface area contributed by atoms with Crippen LogP contribution in [0, 0.1) is 17.6 Å². The maximum atomic E-state index is 15.3. The van der Waals surface area contributed by atoms with Crippen LogP contribution in [-0.2, 0) is 10.5 Å². The van der Waals surface area contributed by atoms with Crippen LogP contribution in [-0.4, -0.2) is 48.0 Å². The molecule has 4 heterocycles. The Bertz CT molecular complexity index is 1490. The van der Waals surface area contributed by atoms with Crippen LogP contribution in [0.3, 0.4) is 0 Å². The Morgan fingerprint density at radius 3 is 2.74 bits per heavy atom. The summed E-state index contributed by atoms with van der Waals surface area (Å²) in [7, 11) is 0. The van der Waals surface area contributed by atoms with Gasteiger partial charge in [0.25, 0.3) is 5.91 Å². The standard InChI is InChI=1S/C29H29F2N3O4S/c1-17(2)10-13-38-28-22(35)9-11-33-27(28)29(36)32-12-14-37-15-24(32)34(33)26-18-7-8-21(30)25(31)20(18)16-39-23-6-4-3-5-19(23)26/h3-9,11,17,24,26H,10,12-16H2,1-2H3/t24-,26+/m1/s1. The van der Waals surface area contributed by atoms with Gasteiger partial charge in [0, 0.05) is 35.0 Å². The van der Waals surface area contributed by atoms with Gasteiger partial charge in [-0.3, -0.25) is 19.3 Å². The van der Waals surface area contributed by atoms with E-state index in [1.165, 1.54) is 17.8 Å². The Morgan fingerprint density at radius 1 is 1.10 bits per heavy atom. The van der Waals surface area contributed by atoms with E-state index in [1.54, 1.807) is 21.8 Å². The first-order valence-electron chi connectivity index (χ1n) is 13.1. The van der Waals surface area contributed by atoms with Crippen molar-refractivity contribution in [3.05, 3.63) is 92.9 Å². The van der Waals surface area contributed by atoms with Gasteiger partial charge in [-0.1, -0.05) is 38.1 Å². The van der Waals surface area contributed by atoms with Gasteiger partial charge < -0.3 is 14.4 Å². The fourth-order valence-electron chi connectivity index (χ4n) is 5.51. The second kappa shape index (κ2) is 10.3. The third kappa shape index (κ3) is 4.39. The van der Waals surface area contributed by atoms with Crippen molar-refractivity contribution in [2.24, 2.45) is 5.92 Å². The maximum Gasteiger partial charge on any atom is 0.278 e. The first kappa shape index (κ1) is 25.9. The molecule has 1 fully saturated rings. The molecule has 0 radical (unpaired) electrons. The number of fused-ring (bicyclic) bond motifs is 4. The molecule has 0 bridgehead atoms. The van der Waals surface area contributed by atoms with Crippen molar-refractivity contribution in [2.45, 2.75) is 43.1 Å². The van der Waals surface area contributed by atoms with Gasteiger partial charge in [0.1, 0.15) is 6.17 Å². The van der Waals surface area contributed by atoms with Crippen molar-refractivity contribution in [1.82, 2.24) is 9.58 Å². The van der Waals surface area contributed by atoms with Crippen LogP contribution in [0.5, 0.6) is 5.75 Å². The van der Waals surface area contributed by atoms with Crippen LogP contribution in [0.15, 0.2) is 58.4 Å². The van der Waals surface area contributed by atoms with Crippen molar-refractivity contribution in [1.29, 1.82) is 0 Å². The molecular formula is C29H29F2N3O4S. The van der Waals surface area contributed by atoms with Crippen molar-refractivity contribution < 1.29 is 23.0 Å². The van der Waals surface area contributed by atoms with E-state index < -0.39 is 23.8 Å². The summed E-state index contributed by atoms with van der Waals surface area (Å²) in [5.74, 6) is -1.49. The molecule has 0 saturated carbocycles. The van der Waals surface area contributed by atoms with Crippen LogP contribution < -0.4 is 15.2 Å². The second-order valence-electron chi connectivity index (χ2n) is 10.3. The number of carbonyl (C=O) groups is 1. The highest BCUT2D eigenvalue weighted by Crippen LogP contribution is 2.45. The number of benzene rings is 2. The molecule has 0 N–H and O–H groups in total. The molecule has 1 amide bonds. The van der Waals surface area contributed by atoms with Gasteiger partial charge in [-0.05, 0) is 35.6 Å². The van der Waals surface area contributed by atoms with Crippen molar-refractivity contribution in [2.75, 3.05) is 31.4 Å². The summed E-state index contributed by atoms with van der Waals surface area (Å²) < 4.78 is 43.2. The molecule has 0 aliphatic carbocycles. The number of halogens is 2. The molecule has 0 spiro atoms. The molecule has 2 atom stereocenters. The largest absolute Gasteiger partial charge is 0.487 e. The maximum absolute atomic E-state index is 15.3. The summed E-state index contributed by atoms with van der Waals surface area (Å²) in [6, 6.07) is 11.3. The monoisotopic (exact) mass is 553 g/mol. The van der Waals surface area contributed by atoms with Gasteiger partial charge in [0.2, 0.25) is 5.43 Å². The molecule has 1 aromatic heterocycles. The molecule has 3 aliphatic rings. The van der Waals surface area contributed by atoms with E-state index in [2.05, 4.69) is 13.8 Å². The summed E-state index contributed by atoms with van der Waals surface area (Å²) in [5.41, 5.74) is 1.51. The van der Waals surface area contributed by atoms with E-state index >= 15 is 4.39 Å². The molecule has 39 heavy (non-hydrogen) atoms. The lowest BCUT2D eigenvalue weighted by Gasteiger charge is -2.51. The number of amides is 1. The van der Waals surface area contributed by atoms with Gasteiger partial charge in [-0.2, -0.15) is 0 Å². The van der Waals surface area contributed by atoms with E-state index in [4.69, 9.17) is 9.47 Å². The Hall–Kier alpha value is -3.37. The summed E-state index contributed by atoms with van der Waals surface area (Å²) in [6.07, 6.45) is 1.74. The number of pyridine rings is 1. The fraction of sp³-hybridized carbons (Fsp3) is 0.379. The summed E-state index contributed by atoms with van der Waals surface area (Å²) in [6.45, 7) is 5.30. The van der Waals surface area contributed by atoms with Gasteiger partial charge in [0.05, 0.1) is 25.9 Å². The Balaban J connectivity index is 1.60. The molecule has 10 heteroatoms. The molecule has 6 rings (SSSR count). The van der Waals surface area contributed by atoms with Gasteiger partial charge in [-0.25, -0.2) is 8.78 Å². The number of hydrogen-bond acceptors (Lipinski definition) is 6. The predicted octanol–water partition coefficient (Wildman–Crippen LogP) is 4.70. The number of ether oxygens (including phenoxy) is 2. The minimum atomic E-state index is -0.902. The van der Waals surface area contributed by atoms with Gasteiger partial charge >= 0.3 is 0 Å². The highest BCUT2D eigenvalue weighted by Gasteiger charge is 2.46. The van der Waals surface area contributed by atoms with Crippen LogP contribution >= 0.6 is 11.8 Å². The summed E-state index contributed by atoms with van der Waals surface area (Å²) in [4.78, 5) is 29.6. The number of thioether (sulfide) groups is 1. The predicted molar refractivity (Wildman–Crippen MR) is 144 cm³/mol. The molecular weight excluding hydrogens is 524 g/mol. The van der Waals surface area contributed by atoms with E-state index in [-0.39, 0.29) is 40.7 Å². The normalized spacial score (nSPS) is 20.2. The lowest BCUT2D eigenvalue weighted by molar-refractivity contribution is -0.0198. The summed E-state index contributed by atoms with van der Waals surface area (Å²) in [5, 5.41) is 1.95. The third-order valence-corrected chi connectivity index (χ3v) is 8.59. The van der Waals surface area contributed by atoms with Crippen LogP contribution in [0.2, 0.25) is 0 Å². The minimum Gasteiger partial charge on any atom is -0.487 e. The Morgan fingerprint density at radius 2 is 1.92 bits per heavy atom. The van der Waals surface area contributed by atoms with Crippen molar-refractivity contribution >= 4 is 17.7 Å². The first-order chi connectivity index (χ1) is 18.9. The topological polar surface area (TPSA) is 64.0 Å². The molecule has 3 aliphatic heterocycles. The zero-order valence-corrected chi connectivity index (χ0v) is 22.5. The molecule has 7 nitrogen and oxygen atoms in total. The van der Waals surface area contributed by atoms with E-state index in [0.29, 0.717) is 31.2 Å². The Kier molecular flexibility index (Phi) is 6.84. The van der Waals surface area contributed by atoms with E-state index in [0.717, 1.165) is 22.9 Å². The first-order valence-corrected chi connectivity index (χ1v) is 14.1. The lowest BCUT2D eigenvalue weighted by Crippen LogP contribution is -2.66. The average molecular weight is 554 g/mol. The molecule has 1 saturated heterocycles. The third-order valence-electron chi connectivity index (χ3n) is 7.47. The van der Waals surface area contributed by atoms with Crippen LogP contribution in [0.1, 0.15) is 53.5 Å². The molecule has 204 valence electrons. The summed E-state index contributed by atoms with van der Waals surface area (Å²) >= 11 is 1.44.